The largest absolute Gasteiger partial charge is 0.388 e. The Morgan fingerprint density at radius 1 is 0.952 bits per heavy atom. The van der Waals surface area contributed by atoms with Crippen molar-refractivity contribution in [2.45, 2.75) is 19.4 Å². The van der Waals surface area contributed by atoms with Gasteiger partial charge in [-0.1, -0.05) is 61.5 Å². The lowest BCUT2D eigenvalue weighted by Gasteiger charge is -2.19. The summed E-state index contributed by atoms with van der Waals surface area (Å²) in [5, 5.41) is 11.7. The van der Waals surface area contributed by atoms with E-state index in [1.807, 2.05) is 42.6 Å². The first-order chi connectivity index (χ1) is 10.3. The van der Waals surface area contributed by atoms with E-state index < -0.39 is 6.10 Å². The minimum Gasteiger partial charge on any atom is -0.388 e. The second-order valence-electron chi connectivity index (χ2n) is 5.53. The SMILES string of the molecule is CC(Cc1cccc2cccnc12)C(O)c1ccccc1. The van der Waals surface area contributed by atoms with E-state index in [9.17, 15) is 5.11 Å². The molecule has 0 aliphatic rings. The van der Waals surface area contributed by atoms with Crippen molar-refractivity contribution in [2.75, 3.05) is 0 Å². The van der Waals surface area contributed by atoms with E-state index in [2.05, 4.69) is 36.2 Å². The standard InChI is InChI=1S/C19H19NO/c1-14(19(21)16-7-3-2-4-8-16)13-17-10-5-9-15-11-6-12-20-18(15)17/h2-12,14,19,21H,13H2,1H3. The van der Waals surface area contributed by atoms with Gasteiger partial charge in [0.2, 0.25) is 0 Å². The number of rotatable bonds is 4. The number of pyridine rings is 1. The van der Waals surface area contributed by atoms with Gasteiger partial charge < -0.3 is 5.11 Å². The van der Waals surface area contributed by atoms with E-state index >= 15 is 0 Å². The second kappa shape index (κ2) is 6.06. The van der Waals surface area contributed by atoms with Crippen LogP contribution < -0.4 is 0 Å². The van der Waals surface area contributed by atoms with E-state index in [1.54, 1.807) is 0 Å². The number of aliphatic hydroxyl groups excluding tert-OH is 1. The quantitative estimate of drug-likeness (QED) is 0.777. The molecule has 2 nitrogen and oxygen atoms in total. The summed E-state index contributed by atoms with van der Waals surface area (Å²) in [5.74, 6) is 0.139. The molecule has 2 aromatic carbocycles. The molecule has 0 aliphatic carbocycles. The molecule has 3 aromatic rings. The van der Waals surface area contributed by atoms with Crippen LogP contribution in [0.15, 0.2) is 66.9 Å². The molecule has 2 unspecified atom stereocenters. The summed E-state index contributed by atoms with van der Waals surface area (Å²) in [6.45, 7) is 2.08. The lowest BCUT2D eigenvalue weighted by atomic mass is 9.90. The number of aliphatic hydroxyl groups is 1. The van der Waals surface area contributed by atoms with Crippen LogP contribution in [-0.4, -0.2) is 10.1 Å². The summed E-state index contributed by atoms with van der Waals surface area (Å²) >= 11 is 0. The fourth-order valence-corrected chi connectivity index (χ4v) is 2.77. The lowest BCUT2D eigenvalue weighted by molar-refractivity contribution is 0.118. The molecule has 3 rings (SSSR count). The first-order valence-electron chi connectivity index (χ1n) is 7.31. The molecular weight excluding hydrogens is 258 g/mol. The molecule has 1 heterocycles. The molecule has 0 radical (unpaired) electrons. The van der Waals surface area contributed by atoms with E-state index in [-0.39, 0.29) is 5.92 Å². The van der Waals surface area contributed by atoms with Gasteiger partial charge in [0, 0.05) is 11.6 Å². The number of fused-ring (bicyclic) bond motifs is 1. The van der Waals surface area contributed by atoms with Gasteiger partial charge in [0.25, 0.3) is 0 Å². The van der Waals surface area contributed by atoms with Crippen LogP contribution in [0.1, 0.15) is 24.2 Å². The fraction of sp³-hybridized carbons (Fsp3) is 0.211. The summed E-state index contributed by atoms with van der Waals surface area (Å²) < 4.78 is 0. The van der Waals surface area contributed by atoms with Crippen LogP contribution in [0, 0.1) is 5.92 Å². The number of nitrogens with zero attached hydrogens (tertiary/aromatic N) is 1. The van der Waals surface area contributed by atoms with Crippen molar-refractivity contribution in [2.24, 2.45) is 5.92 Å². The molecule has 0 saturated carbocycles. The van der Waals surface area contributed by atoms with Gasteiger partial charge in [-0.3, -0.25) is 4.98 Å². The molecule has 2 atom stereocenters. The van der Waals surface area contributed by atoms with Gasteiger partial charge in [-0.25, -0.2) is 0 Å². The molecule has 2 heteroatoms. The average molecular weight is 277 g/mol. The van der Waals surface area contributed by atoms with Crippen LogP contribution >= 0.6 is 0 Å². The number of hydrogen-bond donors (Lipinski definition) is 1. The Bertz CT molecular complexity index is 718. The van der Waals surface area contributed by atoms with Gasteiger partial charge >= 0.3 is 0 Å². The predicted octanol–water partition coefficient (Wildman–Crippen LogP) is 4.15. The Labute approximate surface area is 125 Å². The number of benzene rings is 2. The van der Waals surface area contributed by atoms with Gasteiger partial charge in [-0.2, -0.15) is 0 Å². The van der Waals surface area contributed by atoms with Crippen LogP contribution in [-0.2, 0) is 6.42 Å². The minimum atomic E-state index is -0.454. The van der Waals surface area contributed by atoms with Crippen LogP contribution in [0.25, 0.3) is 10.9 Å². The smallest absolute Gasteiger partial charge is 0.0818 e. The normalized spacial score (nSPS) is 14.0. The highest BCUT2D eigenvalue weighted by molar-refractivity contribution is 5.81. The third-order valence-corrected chi connectivity index (χ3v) is 3.94. The zero-order valence-electron chi connectivity index (χ0n) is 12.1. The molecule has 106 valence electrons. The summed E-state index contributed by atoms with van der Waals surface area (Å²) in [4.78, 5) is 4.48. The summed E-state index contributed by atoms with van der Waals surface area (Å²) in [6, 6.07) is 20.1. The molecule has 1 aromatic heterocycles. The third kappa shape index (κ3) is 2.96. The zero-order chi connectivity index (χ0) is 14.7. The number of para-hydroxylation sites is 1. The number of aromatic nitrogens is 1. The van der Waals surface area contributed by atoms with Crippen molar-refractivity contribution in [3.63, 3.8) is 0 Å². The minimum absolute atomic E-state index is 0.139. The maximum Gasteiger partial charge on any atom is 0.0818 e. The van der Waals surface area contributed by atoms with Gasteiger partial charge in [0.15, 0.2) is 0 Å². The van der Waals surface area contributed by atoms with Crippen molar-refractivity contribution in [1.82, 2.24) is 4.98 Å². The first kappa shape index (κ1) is 13.8. The molecule has 0 amide bonds. The summed E-state index contributed by atoms with van der Waals surface area (Å²) in [6.07, 6.45) is 2.18. The maximum absolute atomic E-state index is 10.5. The molecule has 1 N–H and O–H groups in total. The maximum atomic E-state index is 10.5. The monoisotopic (exact) mass is 277 g/mol. The molecule has 21 heavy (non-hydrogen) atoms. The Hall–Kier alpha value is -2.19. The molecule has 0 bridgehead atoms. The summed E-state index contributed by atoms with van der Waals surface area (Å²) in [7, 11) is 0. The highest BCUT2D eigenvalue weighted by atomic mass is 16.3. The van der Waals surface area contributed by atoms with Crippen molar-refractivity contribution in [3.05, 3.63) is 78.0 Å². The Morgan fingerprint density at radius 3 is 2.52 bits per heavy atom. The Morgan fingerprint density at radius 2 is 1.71 bits per heavy atom. The van der Waals surface area contributed by atoms with Gasteiger partial charge in [-0.15, -0.1) is 0 Å². The highest BCUT2D eigenvalue weighted by Crippen LogP contribution is 2.27. The van der Waals surface area contributed by atoms with Crippen molar-refractivity contribution < 1.29 is 5.11 Å². The van der Waals surface area contributed by atoms with Crippen LogP contribution in [0.4, 0.5) is 0 Å². The fourth-order valence-electron chi connectivity index (χ4n) is 2.77. The van der Waals surface area contributed by atoms with Crippen molar-refractivity contribution in [1.29, 1.82) is 0 Å². The topological polar surface area (TPSA) is 33.1 Å². The van der Waals surface area contributed by atoms with Crippen molar-refractivity contribution in [3.8, 4) is 0 Å². The van der Waals surface area contributed by atoms with E-state index in [0.29, 0.717) is 0 Å². The Balaban J connectivity index is 1.85. The molecule has 0 spiro atoms. The molecule has 0 saturated heterocycles. The third-order valence-electron chi connectivity index (χ3n) is 3.94. The zero-order valence-corrected chi connectivity index (χ0v) is 12.1. The molecule has 0 aliphatic heterocycles. The predicted molar refractivity (Wildman–Crippen MR) is 86.0 cm³/mol. The van der Waals surface area contributed by atoms with Crippen LogP contribution in [0.3, 0.4) is 0 Å². The molecular formula is C19H19NO. The van der Waals surface area contributed by atoms with Crippen LogP contribution in [0.2, 0.25) is 0 Å². The first-order valence-corrected chi connectivity index (χ1v) is 7.31. The Kier molecular flexibility index (Phi) is 3.98. The second-order valence-corrected chi connectivity index (χ2v) is 5.53. The van der Waals surface area contributed by atoms with Crippen LogP contribution in [0.5, 0.6) is 0 Å². The average Bonchev–Trinajstić information content (AvgIpc) is 2.55. The van der Waals surface area contributed by atoms with E-state index in [1.165, 1.54) is 5.56 Å². The number of hydrogen-bond acceptors (Lipinski definition) is 2. The van der Waals surface area contributed by atoms with Crippen molar-refractivity contribution >= 4 is 10.9 Å². The van der Waals surface area contributed by atoms with E-state index in [0.717, 1.165) is 22.9 Å². The summed E-state index contributed by atoms with van der Waals surface area (Å²) in [5.41, 5.74) is 3.20. The van der Waals surface area contributed by atoms with E-state index in [4.69, 9.17) is 0 Å². The molecule has 0 fully saturated rings. The van der Waals surface area contributed by atoms with Gasteiger partial charge in [0.1, 0.15) is 0 Å². The van der Waals surface area contributed by atoms with Gasteiger partial charge in [0.05, 0.1) is 11.6 Å². The lowest BCUT2D eigenvalue weighted by Crippen LogP contribution is -2.12. The highest BCUT2D eigenvalue weighted by Gasteiger charge is 2.17. The van der Waals surface area contributed by atoms with Gasteiger partial charge in [-0.05, 0) is 29.5 Å².